The molecule has 4 rings (SSSR count). The average molecular weight is 439 g/mol. The summed E-state index contributed by atoms with van der Waals surface area (Å²) in [6.07, 6.45) is 4.07. The van der Waals surface area contributed by atoms with Gasteiger partial charge in [-0.2, -0.15) is 5.10 Å². The van der Waals surface area contributed by atoms with Crippen molar-refractivity contribution in [2.45, 2.75) is 71.5 Å². The first-order valence-corrected chi connectivity index (χ1v) is 11.2. The van der Waals surface area contributed by atoms with Crippen LogP contribution < -0.4 is 10.2 Å². The summed E-state index contributed by atoms with van der Waals surface area (Å²) in [5.41, 5.74) is 1.90. The quantitative estimate of drug-likeness (QED) is 0.724. The summed E-state index contributed by atoms with van der Waals surface area (Å²) in [6.45, 7) is 7.81. The zero-order valence-electron chi connectivity index (χ0n) is 19.1. The van der Waals surface area contributed by atoms with E-state index in [1.54, 1.807) is 18.7 Å². The first kappa shape index (κ1) is 22.0. The maximum Gasteiger partial charge on any atom is 0.358 e. The van der Waals surface area contributed by atoms with Crippen molar-refractivity contribution in [3.63, 3.8) is 0 Å². The molecule has 0 radical (unpaired) electrons. The standard InChI is InChI=1S/C24H30N4O4/c1-5-32-22(30)19-13-20-21(29)28(18-11-10-15(2)16(3)12-18)24(4,14-27(20)26-19)23(31)25-17-8-6-7-9-17/h10-13,17H,5-9,14H2,1-4H3,(H,25,31)/t24-/m1/s1. The zero-order chi connectivity index (χ0) is 23.0. The predicted molar refractivity (Wildman–Crippen MR) is 120 cm³/mol. The maximum atomic E-state index is 13.7. The SMILES string of the molecule is CCOC(=O)c1cc2n(n1)C[C@](C)(C(=O)NC1CCCC1)N(c1ccc(C)c(C)c1)C2=O. The molecule has 1 aliphatic carbocycles. The van der Waals surface area contributed by atoms with E-state index < -0.39 is 11.5 Å². The molecule has 8 nitrogen and oxygen atoms in total. The lowest BCUT2D eigenvalue weighted by Crippen LogP contribution is -2.65. The highest BCUT2D eigenvalue weighted by Crippen LogP contribution is 2.34. The van der Waals surface area contributed by atoms with Crippen molar-refractivity contribution in [1.82, 2.24) is 15.1 Å². The van der Waals surface area contributed by atoms with Crippen LogP contribution in [0.1, 0.15) is 71.6 Å². The van der Waals surface area contributed by atoms with Crippen LogP contribution in [0.15, 0.2) is 24.3 Å². The average Bonchev–Trinajstić information content (AvgIpc) is 3.40. The Morgan fingerprint density at radius 3 is 2.56 bits per heavy atom. The Bertz CT molecular complexity index is 1070. The fourth-order valence-electron chi connectivity index (χ4n) is 4.57. The van der Waals surface area contributed by atoms with Gasteiger partial charge in [0.25, 0.3) is 5.91 Å². The van der Waals surface area contributed by atoms with Crippen molar-refractivity contribution in [3.05, 3.63) is 46.8 Å². The van der Waals surface area contributed by atoms with Crippen LogP contribution >= 0.6 is 0 Å². The maximum absolute atomic E-state index is 13.7. The lowest BCUT2D eigenvalue weighted by Gasteiger charge is -2.43. The third-order valence-electron chi connectivity index (χ3n) is 6.57. The van der Waals surface area contributed by atoms with E-state index in [0.717, 1.165) is 36.8 Å². The number of amides is 2. The Hall–Kier alpha value is -3.16. The van der Waals surface area contributed by atoms with Gasteiger partial charge in [-0.15, -0.1) is 0 Å². The number of carbonyl (C=O) groups excluding carboxylic acids is 3. The second kappa shape index (κ2) is 8.41. The predicted octanol–water partition coefficient (Wildman–Crippen LogP) is 3.15. The van der Waals surface area contributed by atoms with Crippen molar-refractivity contribution in [1.29, 1.82) is 0 Å². The van der Waals surface area contributed by atoms with Crippen LogP contribution in [0.5, 0.6) is 0 Å². The van der Waals surface area contributed by atoms with Crippen LogP contribution in [0, 0.1) is 13.8 Å². The van der Waals surface area contributed by atoms with Gasteiger partial charge in [0.15, 0.2) is 5.69 Å². The van der Waals surface area contributed by atoms with Gasteiger partial charge < -0.3 is 10.1 Å². The minimum Gasteiger partial charge on any atom is -0.461 e. The van der Waals surface area contributed by atoms with Gasteiger partial charge in [-0.05, 0) is 63.8 Å². The lowest BCUT2D eigenvalue weighted by atomic mass is 9.93. The van der Waals surface area contributed by atoms with E-state index in [0.29, 0.717) is 5.69 Å². The van der Waals surface area contributed by atoms with Gasteiger partial charge >= 0.3 is 5.97 Å². The molecule has 1 fully saturated rings. The molecule has 2 aliphatic rings. The lowest BCUT2D eigenvalue weighted by molar-refractivity contribution is -0.127. The summed E-state index contributed by atoms with van der Waals surface area (Å²) in [6, 6.07) is 7.29. The normalized spacial score (nSPS) is 20.9. The first-order valence-electron chi connectivity index (χ1n) is 11.2. The second-order valence-corrected chi connectivity index (χ2v) is 8.93. The molecule has 1 aliphatic heterocycles. The molecule has 170 valence electrons. The van der Waals surface area contributed by atoms with E-state index >= 15 is 0 Å². The third kappa shape index (κ3) is 3.78. The summed E-state index contributed by atoms with van der Waals surface area (Å²) in [4.78, 5) is 41.0. The molecule has 1 aromatic carbocycles. The Morgan fingerprint density at radius 1 is 1.19 bits per heavy atom. The molecule has 0 spiro atoms. The van der Waals surface area contributed by atoms with Crippen LogP contribution in [-0.4, -0.2) is 45.8 Å². The number of ether oxygens (including phenoxy) is 1. The molecule has 0 bridgehead atoms. The van der Waals surface area contributed by atoms with Gasteiger partial charge in [-0.1, -0.05) is 18.9 Å². The number of carbonyl (C=O) groups is 3. The van der Waals surface area contributed by atoms with E-state index in [9.17, 15) is 14.4 Å². The summed E-state index contributed by atoms with van der Waals surface area (Å²) >= 11 is 0. The van der Waals surface area contributed by atoms with E-state index in [1.807, 2.05) is 32.0 Å². The Labute approximate surface area is 187 Å². The van der Waals surface area contributed by atoms with Crippen molar-refractivity contribution >= 4 is 23.5 Å². The second-order valence-electron chi connectivity index (χ2n) is 8.93. The van der Waals surface area contributed by atoms with Gasteiger partial charge in [0.05, 0.1) is 13.2 Å². The topological polar surface area (TPSA) is 93.5 Å². The highest BCUT2D eigenvalue weighted by Gasteiger charge is 2.49. The summed E-state index contributed by atoms with van der Waals surface area (Å²) < 4.78 is 6.51. The third-order valence-corrected chi connectivity index (χ3v) is 6.57. The molecule has 2 aromatic rings. The van der Waals surface area contributed by atoms with Gasteiger partial charge in [-0.3, -0.25) is 19.2 Å². The number of hydrogen-bond donors (Lipinski definition) is 1. The molecule has 8 heteroatoms. The molecule has 2 amide bonds. The van der Waals surface area contributed by atoms with E-state index in [-0.39, 0.29) is 42.4 Å². The van der Waals surface area contributed by atoms with Gasteiger partial charge in [-0.25, -0.2) is 4.79 Å². The number of aryl methyl sites for hydroxylation is 2. The minimum atomic E-state index is -1.20. The number of benzene rings is 1. The summed E-state index contributed by atoms with van der Waals surface area (Å²) in [7, 11) is 0. The van der Waals surface area contributed by atoms with E-state index in [2.05, 4.69) is 10.4 Å². The number of fused-ring (bicyclic) bond motifs is 1. The zero-order valence-corrected chi connectivity index (χ0v) is 19.1. The number of anilines is 1. The van der Waals surface area contributed by atoms with Gasteiger partial charge in [0.1, 0.15) is 11.2 Å². The van der Waals surface area contributed by atoms with Crippen LogP contribution in [0.4, 0.5) is 5.69 Å². The van der Waals surface area contributed by atoms with Gasteiger partial charge in [0.2, 0.25) is 5.91 Å². The van der Waals surface area contributed by atoms with Crippen molar-refractivity contribution < 1.29 is 19.1 Å². The molecule has 1 atom stereocenters. The number of rotatable bonds is 5. The van der Waals surface area contributed by atoms with Crippen molar-refractivity contribution in [2.24, 2.45) is 0 Å². The molecule has 32 heavy (non-hydrogen) atoms. The summed E-state index contributed by atoms with van der Waals surface area (Å²) in [5, 5.41) is 7.45. The highest BCUT2D eigenvalue weighted by molar-refractivity contribution is 6.12. The fraction of sp³-hybridized carbons (Fsp3) is 0.500. The number of nitrogens with one attached hydrogen (secondary N) is 1. The molecule has 0 unspecified atom stereocenters. The highest BCUT2D eigenvalue weighted by atomic mass is 16.5. The molecule has 2 heterocycles. The van der Waals surface area contributed by atoms with Crippen molar-refractivity contribution in [2.75, 3.05) is 11.5 Å². The van der Waals surface area contributed by atoms with Crippen LogP contribution in [0.2, 0.25) is 0 Å². The molecule has 1 saturated carbocycles. The molecular weight excluding hydrogens is 408 g/mol. The van der Waals surface area contributed by atoms with Crippen LogP contribution in [0.3, 0.4) is 0 Å². The number of esters is 1. The Balaban J connectivity index is 1.78. The molecule has 1 N–H and O–H groups in total. The van der Waals surface area contributed by atoms with Crippen LogP contribution in [-0.2, 0) is 16.1 Å². The molecule has 0 saturated heterocycles. The molecular formula is C24H30N4O4. The first-order chi connectivity index (χ1) is 15.2. The minimum absolute atomic E-state index is 0.0655. The largest absolute Gasteiger partial charge is 0.461 e. The van der Waals surface area contributed by atoms with E-state index in [1.165, 1.54) is 10.7 Å². The number of aromatic nitrogens is 2. The van der Waals surface area contributed by atoms with Crippen LogP contribution in [0.25, 0.3) is 0 Å². The smallest absolute Gasteiger partial charge is 0.358 e. The van der Waals surface area contributed by atoms with Gasteiger partial charge in [0, 0.05) is 17.8 Å². The van der Waals surface area contributed by atoms with E-state index in [4.69, 9.17) is 4.74 Å². The van der Waals surface area contributed by atoms with Crippen molar-refractivity contribution in [3.8, 4) is 0 Å². The molecule has 1 aromatic heterocycles. The summed E-state index contributed by atoms with van der Waals surface area (Å²) in [5.74, 6) is -1.17. The fourth-order valence-corrected chi connectivity index (χ4v) is 4.57. The Kier molecular flexibility index (Phi) is 5.79. The Morgan fingerprint density at radius 2 is 1.91 bits per heavy atom. The number of hydrogen-bond acceptors (Lipinski definition) is 5. The number of nitrogens with zero attached hydrogens (tertiary/aromatic N) is 3. The monoisotopic (exact) mass is 438 g/mol.